The van der Waals surface area contributed by atoms with Crippen LogP contribution in [0.5, 0.6) is 0 Å². The summed E-state index contributed by atoms with van der Waals surface area (Å²) in [6.45, 7) is 1.21. The fourth-order valence-electron chi connectivity index (χ4n) is 3.41. The van der Waals surface area contributed by atoms with Crippen LogP contribution in [0.1, 0.15) is 12.7 Å². The summed E-state index contributed by atoms with van der Waals surface area (Å²) in [4.78, 5) is 59.9. The van der Waals surface area contributed by atoms with Crippen LogP contribution in [0.25, 0.3) is 0 Å². The summed E-state index contributed by atoms with van der Waals surface area (Å²) in [6, 6.07) is -0.925. The average Bonchev–Trinajstić information content (AvgIpc) is 3.55. The number of nitrogens with zero attached hydrogens (tertiary/aromatic N) is 6. The molecule has 0 aliphatic carbocycles. The molecule has 0 radical (unpaired) electrons. The number of β-lactam (4-membered cyclic amide) rings is 1. The van der Waals surface area contributed by atoms with Crippen molar-refractivity contribution in [2.75, 3.05) is 37.0 Å². The number of carboxylic acids is 1. The van der Waals surface area contributed by atoms with Gasteiger partial charge in [0.1, 0.15) is 22.3 Å². The maximum absolute atomic E-state index is 13.0. The number of rotatable bonds is 11. The zero-order chi connectivity index (χ0) is 26.6. The van der Waals surface area contributed by atoms with E-state index in [2.05, 4.69) is 30.0 Å². The lowest BCUT2D eigenvalue weighted by molar-refractivity contribution is -0.157. The van der Waals surface area contributed by atoms with E-state index >= 15 is 0 Å². The van der Waals surface area contributed by atoms with Crippen LogP contribution in [0.4, 0.5) is 5.13 Å². The lowest BCUT2D eigenvalue weighted by atomic mass is 9.89. The SMILES string of the molecule is CCOC(=O)CON=C(C(=O)NC1C(=O)N2CC(CSc3nncs3)(C(=O)O)CS[C@H]12)c1nsc(N)n1. The Labute approximate surface area is 225 Å². The monoisotopic (exact) mass is 588 g/mol. The number of aliphatic carboxylic acids is 1. The van der Waals surface area contributed by atoms with Gasteiger partial charge in [0, 0.05) is 29.6 Å². The second-order valence-electron chi connectivity index (χ2n) is 7.67. The minimum atomic E-state index is -1.18. The summed E-state index contributed by atoms with van der Waals surface area (Å²) in [7, 11) is 0. The second-order valence-corrected chi connectivity index (χ2v) is 11.6. The molecule has 0 aromatic carbocycles. The summed E-state index contributed by atoms with van der Waals surface area (Å²) in [6.07, 6.45) is 0. The first-order chi connectivity index (χ1) is 17.7. The van der Waals surface area contributed by atoms with Crippen LogP contribution in [-0.4, -0.2) is 102 Å². The topological polar surface area (TPSA) is 212 Å². The van der Waals surface area contributed by atoms with E-state index in [-0.39, 0.29) is 41.3 Å². The van der Waals surface area contributed by atoms with Gasteiger partial charge in [-0.2, -0.15) is 9.36 Å². The van der Waals surface area contributed by atoms with E-state index in [1.807, 2.05) is 0 Å². The fourth-order valence-corrected chi connectivity index (χ4v) is 7.19. The first kappa shape index (κ1) is 27.0. The Kier molecular flexibility index (Phi) is 8.45. The van der Waals surface area contributed by atoms with Gasteiger partial charge in [0.05, 0.1) is 6.61 Å². The van der Waals surface area contributed by atoms with Crippen LogP contribution in [0.3, 0.4) is 0 Å². The van der Waals surface area contributed by atoms with Gasteiger partial charge in [-0.1, -0.05) is 28.3 Å². The maximum Gasteiger partial charge on any atom is 0.347 e. The molecule has 0 bridgehead atoms. The van der Waals surface area contributed by atoms with Crippen molar-refractivity contribution in [3.63, 3.8) is 0 Å². The van der Waals surface area contributed by atoms with Crippen molar-refractivity contribution >= 4 is 81.0 Å². The van der Waals surface area contributed by atoms with Gasteiger partial charge in [-0.05, 0) is 6.92 Å². The van der Waals surface area contributed by atoms with E-state index in [0.717, 1.165) is 11.5 Å². The molecular formula is C18H20N8O7S4. The second kappa shape index (κ2) is 11.6. The number of thioether (sulfide) groups is 2. The molecule has 3 atom stereocenters. The Bertz CT molecular complexity index is 1210. The molecular weight excluding hydrogens is 569 g/mol. The van der Waals surface area contributed by atoms with Crippen molar-refractivity contribution in [1.82, 2.24) is 29.8 Å². The number of aromatic nitrogens is 4. The van der Waals surface area contributed by atoms with Crippen molar-refractivity contribution in [2.24, 2.45) is 10.6 Å². The van der Waals surface area contributed by atoms with Gasteiger partial charge < -0.3 is 30.6 Å². The minimum Gasteiger partial charge on any atom is -0.481 e. The molecule has 0 saturated carbocycles. The third-order valence-corrected chi connectivity index (χ3v) is 9.49. The van der Waals surface area contributed by atoms with E-state index in [4.69, 9.17) is 15.3 Å². The molecule has 4 heterocycles. The Balaban J connectivity index is 1.42. The Morgan fingerprint density at radius 3 is 2.89 bits per heavy atom. The number of esters is 1. The third kappa shape index (κ3) is 5.94. The molecule has 19 heteroatoms. The molecule has 2 amide bonds. The predicted molar refractivity (Wildman–Crippen MR) is 134 cm³/mol. The smallest absolute Gasteiger partial charge is 0.347 e. The average molecular weight is 589 g/mol. The number of oxime groups is 1. The number of ether oxygens (including phenoxy) is 1. The molecule has 2 fully saturated rings. The number of carbonyl (C=O) groups excluding carboxylic acids is 3. The Morgan fingerprint density at radius 2 is 2.24 bits per heavy atom. The van der Waals surface area contributed by atoms with Gasteiger partial charge in [0.15, 0.2) is 9.47 Å². The highest BCUT2D eigenvalue weighted by Crippen LogP contribution is 2.44. The van der Waals surface area contributed by atoms with Crippen LogP contribution >= 0.6 is 46.4 Å². The van der Waals surface area contributed by atoms with E-state index in [1.54, 1.807) is 12.4 Å². The predicted octanol–water partition coefficient (Wildman–Crippen LogP) is -0.481. The molecule has 2 unspecified atom stereocenters. The summed E-state index contributed by atoms with van der Waals surface area (Å²) in [5.41, 5.74) is 5.61. The van der Waals surface area contributed by atoms with Gasteiger partial charge >= 0.3 is 11.9 Å². The van der Waals surface area contributed by atoms with Gasteiger partial charge in [-0.25, -0.2) is 4.79 Å². The van der Waals surface area contributed by atoms with E-state index in [9.17, 15) is 24.3 Å². The standard InChI is InChI=1S/C18H20N8O7S4/c1-2-32-8(27)3-33-24-9(11-22-16(19)37-25-11)12(28)21-10-13(29)26-4-18(15(30)31,5-34-14(10)26)6-35-17-23-20-7-36-17/h7,10,14H,2-6H2,1H3,(H,21,28)(H,30,31)(H2,19,22,25)/t10?,14-,18?/m1/s1. The van der Waals surface area contributed by atoms with Crippen LogP contribution in [0.15, 0.2) is 15.0 Å². The molecule has 0 spiro atoms. The third-order valence-electron chi connectivity index (χ3n) is 5.21. The number of nitrogens with two attached hydrogens (primary N) is 1. The zero-order valence-corrected chi connectivity index (χ0v) is 22.3. The largest absolute Gasteiger partial charge is 0.481 e. The number of carbonyl (C=O) groups is 4. The fraction of sp³-hybridized carbons (Fsp3) is 0.500. The first-order valence-electron chi connectivity index (χ1n) is 10.5. The summed E-state index contributed by atoms with van der Waals surface area (Å²) < 4.78 is 9.33. The molecule has 4 N–H and O–H groups in total. The van der Waals surface area contributed by atoms with Crippen LogP contribution in [0, 0.1) is 5.41 Å². The van der Waals surface area contributed by atoms with Crippen LogP contribution in [-0.2, 0) is 28.8 Å². The summed E-state index contributed by atoms with van der Waals surface area (Å²) in [5.74, 6) is -2.66. The zero-order valence-electron chi connectivity index (χ0n) is 19.1. The maximum atomic E-state index is 13.0. The van der Waals surface area contributed by atoms with Crippen LogP contribution in [0.2, 0.25) is 0 Å². The number of anilines is 1. The number of hydrogen-bond acceptors (Lipinski definition) is 16. The number of hydrogen-bond donors (Lipinski definition) is 3. The molecule has 198 valence electrons. The van der Waals surface area contributed by atoms with Gasteiger partial charge in [-0.15, -0.1) is 22.0 Å². The highest BCUT2D eigenvalue weighted by molar-refractivity contribution is 8.01. The Hall–Kier alpha value is -3.03. The van der Waals surface area contributed by atoms with E-state index in [0.29, 0.717) is 4.34 Å². The summed E-state index contributed by atoms with van der Waals surface area (Å²) >= 11 is 4.67. The highest BCUT2D eigenvalue weighted by Gasteiger charge is 2.57. The number of fused-ring (bicyclic) bond motifs is 1. The van der Waals surface area contributed by atoms with E-state index < -0.39 is 47.2 Å². The number of carboxylic acid groups (broad SMARTS) is 1. The van der Waals surface area contributed by atoms with Crippen molar-refractivity contribution < 1.29 is 33.9 Å². The normalized spacial score (nSPS) is 23.1. The number of nitrogen functional groups attached to an aromatic ring is 1. The molecule has 4 rings (SSSR count). The lowest BCUT2D eigenvalue weighted by Crippen LogP contribution is -2.74. The molecule has 15 nitrogen and oxygen atoms in total. The lowest BCUT2D eigenvalue weighted by Gasteiger charge is -2.53. The van der Waals surface area contributed by atoms with Crippen molar-refractivity contribution in [2.45, 2.75) is 22.7 Å². The van der Waals surface area contributed by atoms with Crippen LogP contribution < -0.4 is 11.1 Å². The van der Waals surface area contributed by atoms with Gasteiger partial charge in [0.25, 0.3) is 5.91 Å². The summed E-state index contributed by atoms with van der Waals surface area (Å²) in [5, 5.41) is 23.5. The molecule has 37 heavy (non-hydrogen) atoms. The molecule has 2 aromatic heterocycles. The minimum absolute atomic E-state index is 0.00915. The Morgan fingerprint density at radius 1 is 1.43 bits per heavy atom. The van der Waals surface area contributed by atoms with Gasteiger partial charge in [0.2, 0.25) is 24.1 Å². The quantitative estimate of drug-likeness (QED) is 0.0995. The molecule has 2 aliphatic rings. The van der Waals surface area contributed by atoms with Crippen molar-refractivity contribution in [3.05, 3.63) is 11.3 Å². The molecule has 2 aliphatic heterocycles. The molecule has 2 aromatic rings. The van der Waals surface area contributed by atoms with E-state index in [1.165, 1.54) is 39.8 Å². The van der Waals surface area contributed by atoms with Gasteiger partial charge in [-0.3, -0.25) is 14.4 Å². The first-order valence-corrected chi connectivity index (χ1v) is 14.2. The molecule has 2 saturated heterocycles. The highest BCUT2D eigenvalue weighted by atomic mass is 32.2. The number of nitrogens with one attached hydrogen (secondary N) is 1. The van der Waals surface area contributed by atoms with Crippen molar-refractivity contribution in [3.8, 4) is 0 Å². The van der Waals surface area contributed by atoms with Crippen molar-refractivity contribution in [1.29, 1.82) is 0 Å². The number of amides is 2.